The van der Waals surface area contributed by atoms with Gasteiger partial charge in [0.05, 0.1) is 0 Å². The highest BCUT2D eigenvalue weighted by atomic mass is 31.1. The van der Waals surface area contributed by atoms with Gasteiger partial charge in [-0.2, -0.15) is 0 Å². The third kappa shape index (κ3) is 2.58. The molecule has 3 rings (SSSR count). The Hall–Kier alpha value is -2.36. The molecule has 2 atom stereocenters. The molecular formula is C17H16NO4P. The van der Waals surface area contributed by atoms with E-state index < -0.39 is 19.2 Å². The summed E-state index contributed by atoms with van der Waals surface area (Å²) in [6.45, 7) is 0. The first-order valence-electron chi connectivity index (χ1n) is 7.13. The molecule has 2 aromatic carbocycles. The summed E-state index contributed by atoms with van der Waals surface area (Å²) < 4.78 is 12.1. The number of para-hydroxylation sites is 1. The quantitative estimate of drug-likeness (QED) is 0.627. The number of carbonyl (C=O) groups is 1. The van der Waals surface area contributed by atoms with Crippen LogP contribution in [0.3, 0.4) is 0 Å². The van der Waals surface area contributed by atoms with Gasteiger partial charge in [0.15, 0.2) is 5.16 Å². The summed E-state index contributed by atoms with van der Waals surface area (Å²) in [7, 11) is -3.39. The van der Waals surface area contributed by atoms with Crippen molar-refractivity contribution in [1.82, 2.24) is 4.98 Å². The molecule has 1 aromatic heterocycles. The van der Waals surface area contributed by atoms with Crippen LogP contribution in [0.5, 0.6) is 0 Å². The highest BCUT2D eigenvalue weighted by molar-refractivity contribution is 7.41. The Morgan fingerprint density at radius 1 is 1.09 bits per heavy atom. The van der Waals surface area contributed by atoms with Crippen molar-refractivity contribution in [3.63, 3.8) is 0 Å². The minimum absolute atomic E-state index is 0.0509. The van der Waals surface area contributed by atoms with Gasteiger partial charge >= 0.3 is 5.97 Å². The number of hydrogen-bond acceptors (Lipinski definition) is 2. The second-order valence-corrected chi connectivity index (χ2v) is 6.88. The molecule has 2 unspecified atom stereocenters. The second-order valence-electron chi connectivity index (χ2n) is 5.42. The fourth-order valence-electron chi connectivity index (χ4n) is 2.88. The zero-order valence-corrected chi connectivity index (χ0v) is 13.2. The molecule has 0 spiro atoms. The van der Waals surface area contributed by atoms with Crippen LogP contribution in [-0.4, -0.2) is 21.0 Å². The maximum absolute atomic E-state index is 12.1. The average molecular weight is 329 g/mol. The van der Waals surface area contributed by atoms with Crippen molar-refractivity contribution in [3.8, 4) is 0 Å². The fraction of sp³-hybridized carbons (Fsp3) is 0.118. The van der Waals surface area contributed by atoms with Gasteiger partial charge in [-0.05, 0) is 17.2 Å². The number of hydrogen-bond donors (Lipinski definition) is 3. The molecule has 118 valence electrons. The summed E-state index contributed by atoms with van der Waals surface area (Å²) in [5.74, 6) is -1.29. The van der Waals surface area contributed by atoms with E-state index in [2.05, 4.69) is 4.98 Å². The van der Waals surface area contributed by atoms with Crippen molar-refractivity contribution in [2.24, 2.45) is 0 Å². The number of rotatable bonds is 5. The summed E-state index contributed by atoms with van der Waals surface area (Å²) in [5, 5.41) is 8.80. The van der Waals surface area contributed by atoms with Crippen molar-refractivity contribution < 1.29 is 19.4 Å². The van der Waals surface area contributed by atoms with E-state index >= 15 is 0 Å². The molecule has 0 radical (unpaired) electrons. The number of fused-ring (bicyclic) bond motifs is 1. The number of aromatic amines is 1. The first kappa shape index (κ1) is 15.5. The maximum atomic E-state index is 12.1. The Kier molecular flexibility index (Phi) is 4.07. The Morgan fingerprint density at radius 2 is 1.74 bits per heavy atom. The number of benzene rings is 2. The minimum atomic E-state index is -3.39. The van der Waals surface area contributed by atoms with Crippen molar-refractivity contribution in [2.45, 2.75) is 11.6 Å². The number of nitrogens with one attached hydrogen (secondary N) is 1. The van der Waals surface area contributed by atoms with Crippen LogP contribution in [0, 0.1) is 0 Å². The SMILES string of the molecule is O=C(O)C(Cc1c[nH]c2ccccc12)(c1ccccc1)[PH](=O)O. The molecule has 0 aliphatic carbocycles. The van der Waals surface area contributed by atoms with Crippen molar-refractivity contribution in [3.05, 3.63) is 71.9 Å². The molecule has 1 heterocycles. The Balaban J connectivity index is 2.17. The molecule has 0 bridgehead atoms. The fourth-order valence-corrected chi connectivity index (χ4v) is 3.82. The van der Waals surface area contributed by atoms with Gasteiger partial charge in [-0.1, -0.05) is 48.5 Å². The summed E-state index contributed by atoms with van der Waals surface area (Å²) >= 11 is 0. The molecule has 3 N–H and O–H groups in total. The lowest BCUT2D eigenvalue weighted by molar-refractivity contribution is -0.140. The number of aliphatic carboxylic acids is 1. The summed E-state index contributed by atoms with van der Waals surface area (Å²) in [5.41, 5.74) is 1.91. The van der Waals surface area contributed by atoms with Crippen LogP contribution >= 0.6 is 8.03 Å². The van der Waals surface area contributed by atoms with Gasteiger partial charge in [-0.25, -0.2) is 0 Å². The van der Waals surface area contributed by atoms with E-state index in [-0.39, 0.29) is 6.42 Å². The Labute approximate surface area is 133 Å². The molecule has 0 aliphatic rings. The first-order valence-corrected chi connectivity index (χ1v) is 8.48. The molecule has 0 saturated carbocycles. The third-order valence-electron chi connectivity index (χ3n) is 4.13. The van der Waals surface area contributed by atoms with Crippen LogP contribution in [0.2, 0.25) is 0 Å². The van der Waals surface area contributed by atoms with Crippen molar-refractivity contribution in [2.75, 3.05) is 0 Å². The predicted molar refractivity (Wildman–Crippen MR) is 89.0 cm³/mol. The van der Waals surface area contributed by atoms with E-state index in [0.29, 0.717) is 11.1 Å². The van der Waals surface area contributed by atoms with Gasteiger partial charge < -0.3 is 15.0 Å². The van der Waals surface area contributed by atoms with E-state index in [1.807, 2.05) is 24.3 Å². The second kappa shape index (κ2) is 6.03. The van der Waals surface area contributed by atoms with E-state index in [4.69, 9.17) is 0 Å². The lowest BCUT2D eigenvalue weighted by Crippen LogP contribution is -2.34. The van der Waals surface area contributed by atoms with Gasteiger partial charge in [0.1, 0.15) is 0 Å². The monoisotopic (exact) mass is 329 g/mol. The van der Waals surface area contributed by atoms with Crippen LogP contribution in [0.25, 0.3) is 10.9 Å². The first-order chi connectivity index (χ1) is 11.1. The van der Waals surface area contributed by atoms with Crippen molar-refractivity contribution >= 4 is 24.9 Å². The highest BCUT2D eigenvalue weighted by Crippen LogP contribution is 2.48. The largest absolute Gasteiger partial charge is 0.480 e. The van der Waals surface area contributed by atoms with Crippen LogP contribution in [0.1, 0.15) is 11.1 Å². The average Bonchev–Trinajstić information content (AvgIpc) is 2.95. The minimum Gasteiger partial charge on any atom is -0.480 e. The van der Waals surface area contributed by atoms with E-state index in [9.17, 15) is 19.4 Å². The Morgan fingerprint density at radius 3 is 2.39 bits per heavy atom. The zero-order valence-electron chi connectivity index (χ0n) is 12.2. The zero-order chi connectivity index (χ0) is 16.4. The third-order valence-corrected chi connectivity index (χ3v) is 5.54. The van der Waals surface area contributed by atoms with Gasteiger partial charge in [0, 0.05) is 23.5 Å². The molecule has 6 heteroatoms. The van der Waals surface area contributed by atoms with Gasteiger partial charge in [-0.3, -0.25) is 9.36 Å². The van der Waals surface area contributed by atoms with Gasteiger partial charge in [0.2, 0.25) is 8.03 Å². The van der Waals surface area contributed by atoms with Crippen molar-refractivity contribution in [1.29, 1.82) is 0 Å². The van der Waals surface area contributed by atoms with Crippen LogP contribution in [0.15, 0.2) is 60.8 Å². The topological polar surface area (TPSA) is 90.4 Å². The molecule has 0 amide bonds. The van der Waals surface area contributed by atoms with Crippen LogP contribution in [0.4, 0.5) is 0 Å². The summed E-state index contributed by atoms with van der Waals surface area (Å²) in [6, 6.07) is 15.7. The van der Waals surface area contributed by atoms with E-state index in [1.165, 1.54) is 0 Å². The molecule has 0 aliphatic heterocycles. The standard InChI is InChI=1S/C17H16NO4P/c19-16(20)17(23(21)22,13-6-2-1-3-7-13)10-12-11-18-15-9-5-4-8-14(12)15/h1-9,11,18,23H,10H2,(H,19,20)(H,21,22). The Bertz CT molecular complexity index is 858. The highest BCUT2D eigenvalue weighted by Gasteiger charge is 2.46. The number of aromatic nitrogens is 1. The van der Waals surface area contributed by atoms with Crippen LogP contribution in [-0.2, 0) is 20.9 Å². The lowest BCUT2D eigenvalue weighted by Gasteiger charge is -2.26. The van der Waals surface area contributed by atoms with Gasteiger partial charge in [-0.15, -0.1) is 0 Å². The lowest BCUT2D eigenvalue weighted by atomic mass is 9.90. The molecule has 0 fully saturated rings. The summed E-state index contributed by atoms with van der Waals surface area (Å²) in [4.78, 5) is 25.0. The van der Waals surface area contributed by atoms with E-state index in [1.54, 1.807) is 36.5 Å². The normalized spacial score (nSPS) is 15.2. The molecule has 0 saturated heterocycles. The molecule has 3 aromatic rings. The van der Waals surface area contributed by atoms with Gasteiger partial charge in [0.25, 0.3) is 0 Å². The van der Waals surface area contributed by atoms with Crippen LogP contribution < -0.4 is 0 Å². The molecule has 5 nitrogen and oxygen atoms in total. The number of H-pyrrole nitrogens is 1. The smallest absolute Gasteiger partial charge is 0.324 e. The molecular weight excluding hydrogens is 313 g/mol. The number of carboxylic acids is 1. The van der Waals surface area contributed by atoms with E-state index in [0.717, 1.165) is 10.9 Å². The predicted octanol–water partition coefficient (Wildman–Crippen LogP) is 3.16. The number of carboxylic acid groups (broad SMARTS) is 1. The maximum Gasteiger partial charge on any atom is 0.324 e. The summed E-state index contributed by atoms with van der Waals surface area (Å²) in [6.07, 6.45) is 1.65. The molecule has 23 heavy (non-hydrogen) atoms.